The first-order valence-corrected chi connectivity index (χ1v) is 4.96. The highest BCUT2D eigenvalue weighted by molar-refractivity contribution is 5.39. The minimum absolute atomic E-state index is 0.274. The number of hydrogen-bond donors (Lipinski definition) is 1. The predicted molar refractivity (Wildman–Crippen MR) is 62.5 cm³/mol. The van der Waals surface area contributed by atoms with Crippen molar-refractivity contribution in [1.29, 1.82) is 0 Å². The summed E-state index contributed by atoms with van der Waals surface area (Å²) < 4.78 is 0. The molecule has 0 aliphatic rings. The normalized spacial score (nSPS) is 12.6. The summed E-state index contributed by atoms with van der Waals surface area (Å²) in [4.78, 5) is 0. The smallest absolute Gasteiger partial charge is 0.0533 e. The van der Waals surface area contributed by atoms with E-state index in [1.54, 1.807) is 0 Å². The van der Waals surface area contributed by atoms with Crippen molar-refractivity contribution >= 4 is 0 Å². The SMILES string of the molecule is C=C(C)C(NC)c1c(C)cccc1C. The van der Waals surface area contributed by atoms with Crippen LogP contribution in [-0.2, 0) is 0 Å². The van der Waals surface area contributed by atoms with E-state index in [-0.39, 0.29) is 6.04 Å². The van der Waals surface area contributed by atoms with Gasteiger partial charge < -0.3 is 5.32 Å². The second kappa shape index (κ2) is 4.43. The molecule has 1 unspecified atom stereocenters. The Kier molecular flexibility index (Phi) is 3.48. The van der Waals surface area contributed by atoms with Crippen molar-refractivity contribution < 1.29 is 0 Å². The molecule has 0 fully saturated rings. The van der Waals surface area contributed by atoms with Crippen LogP contribution < -0.4 is 5.32 Å². The molecule has 0 aliphatic heterocycles. The lowest BCUT2D eigenvalue weighted by Gasteiger charge is -2.21. The van der Waals surface area contributed by atoms with Gasteiger partial charge in [-0.25, -0.2) is 0 Å². The van der Waals surface area contributed by atoms with Crippen LogP contribution in [0.25, 0.3) is 0 Å². The van der Waals surface area contributed by atoms with Gasteiger partial charge in [0.05, 0.1) is 6.04 Å². The highest BCUT2D eigenvalue weighted by Crippen LogP contribution is 2.25. The van der Waals surface area contributed by atoms with Crippen molar-refractivity contribution in [3.8, 4) is 0 Å². The lowest BCUT2D eigenvalue weighted by molar-refractivity contribution is 0.671. The van der Waals surface area contributed by atoms with E-state index in [2.05, 4.69) is 50.9 Å². The standard InChI is InChI=1S/C13H19N/c1-9(2)13(14-5)12-10(3)7-6-8-11(12)4/h6-8,13-14H,1H2,2-5H3. The zero-order valence-corrected chi connectivity index (χ0v) is 9.52. The largest absolute Gasteiger partial charge is 0.310 e. The Morgan fingerprint density at radius 2 is 1.79 bits per heavy atom. The highest BCUT2D eigenvalue weighted by atomic mass is 14.9. The van der Waals surface area contributed by atoms with E-state index >= 15 is 0 Å². The van der Waals surface area contributed by atoms with Crippen molar-refractivity contribution in [3.05, 3.63) is 47.0 Å². The fourth-order valence-corrected chi connectivity index (χ4v) is 1.92. The molecule has 1 aromatic carbocycles. The van der Waals surface area contributed by atoms with Crippen LogP contribution in [0.4, 0.5) is 0 Å². The Bertz CT molecular complexity index is 319. The Balaban J connectivity index is 3.22. The van der Waals surface area contributed by atoms with Gasteiger partial charge in [-0.2, -0.15) is 0 Å². The lowest BCUT2D eigenvalue weighted by Crippen LogP contribution is -2.19. The average Bonchev–Trinajstić information content (AvgIpc) is 2.10. The van der Waals surface area contributed by atoms with E-state index in [1.165, 1.54) is 16.7 Å². The van der Waals surface area contributed by atoms with Crippen LogP contribution in [0.2, 0.25) is 0 Å². The van der Waals surface area contributed by atoms with Crippen molar-refractivity contribution in [2.45, 2.75) is 26.8 Å². The molecular formula is C13H19N. The van der Waals surface area contributed by atoms with Gasteiger partial charge in [0.1, 0.15) is 0 Å². The zero-order chi connectivity index (χ0) is 10.7. The second-order valence-corrected chi connectivity index (χ2v) is 3.87. The quantitative estimate of drug-likeness (QED) is 0.720. The van der Waals surface area contributed by atoms with Gasteiger partial charge in [-0.1, -0.05) is 30.4 Å². The average molecular weight is 189 g/mol. The minimum Gasteiger partial charge on any atom is -0.310 e. The molecule has 1 heteroatoms. The third-order valence-corrected chi connectivity index (χ3v) is 2.61. The van der Waals surface area contributed by atoms with Gasteiger partial charge in [0.25, 0.3) is 0 Å². The molecule has 0 saturated carbocycles. The number of aryl methyl sites for hydroxylation is 2. The van der Waals surface area contributed by atoms with E-state index in [4.69, 9.17) is 0 Å². The minimum atomic E-state index is 0.274. The Morgan fingerprint density at radius 1 is 1.29 bits per heavy atom. The Hall–Kier alpha value is -1.08. The summed E-state index contributed by atoms with van der Waals surface area (Å²) in [7, 11) is 1.98. The van der Waals surface area contributed by atoms with Gasteiger partial charge in [-0.15, -0.1) is 0 Å². The van der Waals surface area contributed by atoms with Crippen LogP contribution in [-0.4, -0.2) is 7.05 Å². The van der Waals surface area contributed by atoms with Gasteiger partial charge in [-0.05, 0) is 44.5 Å². The first-order valence-electron chi connectivity index (χ1n) is 4.96. The fraction of sp³-hybridized carbons (Fsp3) is 0.385. The summed E-state index contributed by atoms with van der Waals surface area (Å²) in [6.45, 7) is 10.4. The van der Waals surface area contributed by atoms with E-state index in [0.29, 0.717) is 0 Å². The topological polar surface area (TPSA) is 12.0 Å². The summed E-state index contributed by atoms with van der Waals surface area (Å²) in [6.07, 6.45) is 0. The molecule has 0 heterocycles. The Labute approximate surface area is 86.8 Å². The molecule has 1 rings (SSSR count). The molecule has 1 N–H and O–H groups in total. The summed E-state index contributed by atoms with van der Waals surface area (Å²) >= 11 is 0. The lowest BCUT2D eigenvalue weighted by atomic mass is 9.92. The van der Waals surface area contributed by atoms with E-state index in [1.807, 2.05) is 7.05 Å². The van der Waals surface area contributed by atoms with Crippen molar-refractivity contribution in [2.75, 3.05) is 7.05 Å². The molecule has 0 aromatic heterocycles. The molecule has 0 aliphatic carbocycles. The van der Waals surface area contributed by atoms with Gasteiger partial charge in [0.15, 0.2) is 0 Å². The molecule has 0 amide bonds. The molecule has 0 radical (unpaired) electrons. The maximum absolute atomic E-state index is 4.02. The van der Waals surface area contributed by atoms with Crippen molar-refractivity contribution in [3.63, 3.8) is 0 Å². The molecule has 0 spiro atoms. The molecule has 0 saturated heterocycles. The summed E-state index contributed by atoms with van der Waals surface area (Å²) in [5.74, 6) is 0. The molecular weight excluding hydrogens is 170 g/mol. The summed E-state index contributed by atoms with van der Waals surface area (Å²) in [6, 6.07) is 6.67. The van der Waals surface area contributed by atoms with E-state index in [9.17, 15) is 0 Å². The van der Waals surface area contributed by atoms with Crippen LogP contribution in [0.1, 0.15) is 29.7 Å². The summed E-state index contributed by atoms with van der Waals surface area (Å²) in [5, 5.41) is 3.30. The molecule has 1 aromatic rings. The zero-order valence-electron chi connectivity index (χ0n) is 9.52. The van der Waals surface area contributed by atoms with Gasteiger partial charge in [-0.3, -0.25) is 0 Å². The Morgan fingerprint density at radius 3 is 2.14 bits per heavy atom. The van der Waals surface area contributed by atoms with Crippen LogP contribution >= 0.6 is 0 Å². The molecule has 1 atom stereocenters. The number of benzene rings is 1. The predicted octanol–water partition coefficient (Wildman–Crippen LogP) is 3.14. The molecule has 0 bridgehead atoms. The molecule has 14 heavy (non-hydrogen) atoms. The number of hydrogen-bond acceptors (Lipinski definition) is 1. The van der Waals surface area contributed by atoms with Crippen LogP contribution in [0, 0.1) is 13.8 Å². The third kappa shape index (κ3) is 2.05. The van der Waals surface area contributed by atoms with Gasteiger partial charge in [0.2, 0.25) is 0 Å². The third-order valence-electron chi connectivity index (χ3n) is 2.61. The van der Waals surface area contributed by atoms with Crippen molar-refractivity contribution in [1.82, 2.24) is 5.32 Å². The highest BCUT2D eigenvalue weighted by Gasteiger charge is 2.13. The van der Waals surface area contributed by atoms with Gasteiger partial charge in [0, 0.05) is 0 Å². The maximum atomic E-state index is 4.02. The summed E-state index contributed by atoms with van der Waals surface area (Å²) in [5.41, 5.74) is 5.17. The maximum Gasteiger partial charge on any atom is 0.0533 e. The molecule has 1 nitrogen and oxygen atoms in total. The first-order chi connectivity index (χ1) is 6.57. The van der Waals surface area contributed by atoms with Crippen molar-refractivity contribution in [2.24, 2.45) is 0 Å². The van der Waals surface area contributed by atoms with Crippen LogP contribution in [0.5, 0.6) is 0 Å². The number of rotatable bonds is 3. The van der Waals surface area contributed by atoms with Crippen LogP contribution in [0.3, 0.4) is 0 Å². The second-order valence-electron chi connectivity index (χ2n) is 3.87. The van der Waals surface area contributed by atoms with E-state index in [0.717, 1.165) is 5.57 Å². The number of likely N-dealkylation sites (N-methyl/N-ethyl adjacent to an activating group) is 1. The molecule has 76 valence electrons. The van der Waals surface area contributed by atoms with Crippen LogP contribution in [0.15, 0.2) is 30.4 Å². The van der Waals surface area contributed by atoms with Gasteiger partial charge >= 0.3 is 0 Å². The fourth-order valence-electron chi connectivity index (χ4n) is 1.92. The monoisotopic (exact) mass is 189 g/mol. The number of nitrogens with one attached hydrogen (secondary N) is 1. The first kappa shape index (κ1) is 11.0. The van der Waals surface area contributed by atoms with E-state index < -0.39 is 0 Å².